The Hall–Kier alpha value is -2.18. The summed E-state index contributed by atoms with van der Waals surface area (Å²) in [5, 5.41) is 3.49. The quantitative estimate of drug-likeness (QED) is 0.631. The Kier molecular flexibility index (Phi) is 5.50. The molecule has 0 fully saturated rings. The van der Waals surface area contributed by atoms with E-state index in [0.717, 1.165) is 27.2 Å². The number of thiazole rings is 1. The largest absolute Gasteiger partial charge is 0.497 e. The third-order valence-electron chi connectivity index (χ3n) is 3.72. The molecule has 128 valence electrons. The molecular formula is C19H17BrN2O2S. The molecule has 1 heterocycles. The monoisotopic (exact) mass is 416 g/mol. The van der Waals surface area contributed by atoms with E-state index in [1.807, 2.05) is 43.3 Å². The van der Waals surface area contributed by atoms with Crippen LogP contribution < -0.4 is 10.1 Å². The first-order chi connectivity index (χ1) is 12.0. The lowest BCUT2D eigenvalue weighted by Gasteiger charge is -2.03. The molecule has 0 bridgehead atoms. The van der Waals surface area contributed by atoms with Crippen molar-refractivity contribution in [3.63, 3.8) is 0 Å². The summed E-state index contributed by atoms with van der Waals surface area (Å²) in [6, 6.07) is 15.3. The Morgan fingerprint density at radius 1 is 1.24 bits per heavy atom. The van der Waals surface area contributed by atoms with E-state index < -0.39 is 0 Å². The normalized spacial score (nSPS) is 10.5. The topological polar surface area (TPSA) is 51.2 Å². The fourth-order valence-electron chi connectivity index (χ4n) is 2.37. The van der Waals surface area contributed by atoms with E-state index in [2.05, 4.69) is 26.2 Å². The van der Waals surface area contributed by atoms with Gasteiger partial charge in [-0.1, -0.05) is 34.1 Å². The van der Waals surface area contributed by atoms with Gasteiger partial charge in [-0.3, -0.25) is 10.1 Å². The average molecular weight is 417 g/mol. The summed E-state index contributed by atoms with van der Waals surface area (Å²) >= 11 is 4.88. The van der Waals surface area contributed by atoms with Crippen molar-refractivity contribution in [2.24, 2.45) is 0 Å². The zero-order valence-corrected chi connectivity index (χ0v) is 16.3. The molecule has 3 aromatic rings. The summed E-state index contributed by atoms with van der Waals surface area (Å²) in [6.45, 7) is 1.96. The number of hydrogen-bond acceptors (Lipinski definition) is 4. The summed E-state index contributed by atoms with van der Waals surface area (Å²) in [7, 11) is 1.66. The minimum Gasteiger partial charge on any atom is -0.497 e. The van der Waals surface area contributed by atoms with Crippen LogP contribution in [0.3, 0.4) is 0 Å². The lowest BCUT2D eigenvalue weighted by Crippen LogP contribution is -2.11. The highest BCUT2D eigenvalue weighted by molar-refractivity contribution is 9.10. The summed E-state index contributed by atoms with van der Waals surface area (Å²) in [4.78, 5) is 17.9. The number of nitrogens with zero attached hydrogens (tertiary/aromatic N) is 1. The van der Waals surface area contributed by atoms with Gasteiger partial charge in [0.25, 0.3) is 5.91 Å². The van der Waals surface area contributed by atoms with Gasteiger partial charge in [-0.05, 0) is 42.8 Å². The van der Waals surface area contributed by atoms with Crippen molar-refractivity contribution < 1.29 is 9.53 Å². The lowest BCUT2D eigenvalue weighted by atomic mass is 10.1. The van der Waals surface area contributed by atoms with Crippen LogP contribution in [-0.4, -0.2) is 18.0 Å². The predicted molar refractivity (Wildman–Crippen MR) is 105 cm³/mol. The second kappa shape index (κ2) is 7.80. The van der Waals surface area contributed by atoms with E-state index in [1.165, 1.54) is 16.9 Å². The molecule has 4 nitrogen and oxygen atoms in total. The molecule has 1 amide bonds. The molecule has 6 heteroatoms. The highest BCUT2D eigenvalue weighted by atomic mass is 79.9. The van der Waals surface area contributed by atoms with E-state index in [1.54, 1.807) is 19.2 Å². The minimum absolute atomic E-state index is 0.161. The van der Waals surface area contributed by atoms with Gasteiger partial charge >= 0.3 is 0 Å². The van der Waals surface area contributed by atoms with Gasteiger partial charge in [-0.2, -0.15) is 0 Å². The van der Waals surface area contributed by atoms with Gasteiger partial charge < -0.3 is 4.74 Å². The molecule has 3 rings (SSSR count). The molecule has 0 saturated heterocycles. The van der Waals surface area contributed by atoms with Crippen molar-refractivity contribution in [2.45, 2.75) is 13.3 Å². The first-order valence-electron chi connectivity index (χ1n) is 7.71. The number of carbonyl (C=O) groups is 1. The van der Waals surface area contributed by atoms with Crippen molar-refractivity contribution in [1.82, 2.24) is 4.98 Å². The van der Waals surface area contributed by atoms with Crippen LogP contribution in [0.15, 0.2) is 53.0 Å². The van der Waals surface area contributed by atoms with Crippen LogP contribution in [0.4, 0.5) is 5.13 Å². The second-order valence-corrected chi connectivity index (χ2v) is 7.52. The third-order valence-corrected chi connectivity index (χ3v) is 5.29. The van der Waals surface area contributed by atoms with Gasteiger partial charge in [0.2, 0.25) is 0 Å². The number of benzene rings is 2. The van der Waals surface area contributed by atoms with Crippen molar-refractivity contribution in [3.8, 4) is 5.75 Å². The van der Waals surface area contributed by atoms with Gasteiger partial charge in [0.05, 0.1) is 12.8 Å². The maximum atomic E-state index is 12.3. The van der Waals surface area contributed by atoms with Crippen molar-refractivity contribution in [2.75, 3.05) is 12.4 Å². The Morgan fingerprint density at radius 3 is 2.68 bits per heavy atom. The average Bonchev–Trinajstić information content (AvgIpc) is 2.94. The molecule has 25 heavy (non-hydrogen) atoms. The number of amides is 1. The van der Waals surface area contributed by atoms with Crippen LogP contribution >= 0.6 is 27.3 Å². The summed E-state index contributed by atoms with van der Waals surface area (Å²) in [6.07, 6.45) is 0.778. The Bertz CT molecular complexity index is 891. The van der Waals surface area contributed by atoms with Crippen molar-refractivity contribution in [1.29, 1.82) is 0 Å². The zero-order valence-electron chi connectivity index (χ0n) is 13.9. The van der Waals surface area contributed by atoms with Crippen LogP contribution in [0, 0.1) is 6.92 Å². The lowest BCUT2D eigenvalue weighted by molar-refractivity contribution is 0.102. The molecule has 0 radical (unpaired) electrons. The number of hydrogen-bond donors (Lipinski definition) is 1. The molecule has 2 aromatic carbocycles. The number of halogens is 1. The Morgan fingerprint density at radius 2 is 2.00 bits per heavy atom. The van der Waals surface area contributed by atoms with E-state index in [0.29, 0.717) is 10.7 Å². The number of anilines is 1. The molecule has 0 saturated carbocycles. The van der Waals surface area contributed by atoms with E-state index in [-0.39, 0.29) is 5.91 Å². The van der Waals surface area contributed by atoms with Gasteiger partial charge in [0, 0.05) is 21.3 Å². The number of carbonyl (C=O) groups excluding carboxylic acids is 1. The SMILES string of the molecule is COc1ccc(Cc2sc(NC(=O)c3cccc(Br)c3)nc2C)cc1. The fourth-order valence-corrected chi connectivity index (χ4v) is 3.76. The fraction of sp³-hybridized carbons (Fsp3) is 0.158. The molecule has 0 aliphatic heterocycles. The Balaban J connectivity index is 1.72. The van der Waals surface area contributed by atoms with Crippen LogP contribution in [0.25, 0.3) is 0 Å². The number of aryl methyl sites for hydroxylation is 1. The number of aromatic nitrogens is 1. The van der Waals surface area contributed by atoms with E-state index >= 15 is 0 Å². The molecule has 0 unspecified atom stereocenters. The molecular weight excluding hydrogens is 400 g/mol. The maximum absolute atomic E-state index is 12.3. The smallest absolute Gasteiger partial charge is 0.257 e. The molecule has 0 spiro atoms. The molecule has 0 aliphatic carbocycles. The van der Waals surface area contributed by atoms with Crippen LogP contribution in [0.5, 0.6) is 5.75 Å². The summed E-state index contributed by atoms with van der Waals surface area (Å²) in [5.74, 6) is 0.679. The Labute approximate surface area is 159 Å². The first kappa shape index (κ1) is 17.6. The third kappa shape index (κ3) is 4.46. The van der Waals surface area contributed by atoms with Crippen LogP contribution in [0.1, 0.15) is 26.5 Å². The first-order valence-corrected chi connectivity index (χ1v) is 9.32. The van der Waals surface area contributed by atoms with Crippen molar-refractivity contribution in [3.05, 3.63) is 74.7 Å². The molecule has 0 aliphatic rings. The van der Waals surface area contributed by atoms with E-state index in [4.69, 9.17) is 4.74 Å². The molecule has 0 atom stereocenters. The zero-order chi connectivity index (χ0) is 17.8. The van der Waals surface area contributed by atoms with Gasteiger partial charge in [0.15, 0.2) is 5.13 Å². The minimum atomic E-state index is -0.161. The van der Waals surface area contributed by atoms with Gasteiger partial charge in [-0.15, -0.1) is 11.3 Å². The number of methoxy groups -OCH3 is 1. The molecule has 1 N–H and O–H groups in total. The predicted octanol–water partition coefficient (Wildman–Crippen LogP) is 5.07. The second-order valence-electron chi connectivity index (χ2n) is 5.52. The van der Waals surface area contributed by atoms with Gasteiger partial charge in [-0.25, -0.2) is 4.98 Å². The standard InChI is InChI=1S/C19H17BrN2O2S/c1-12-17(10-13-6-8-16(24-2)9-7-13)25-19(21-12)22-18(23)14-4-3-5-15(20)11-14/h3-9,11H,10H2,1-2H3,(H,21,22,23). The highest BCUT2D eigenvalue weighted by Crippen LogP contribution is 2.26. The van der Waals surface area contributed by atoms with E-state index in [9.17, 15) is 4.79 Å². The number of rotatable bonds is 5. The number of ether oxygens (including phenoxy) is 1. The maximum Gasteiger partial charge on any atom is 0.257 e. The molecule has 1 aromatic heterocycles. The van der Waals surface area contributed by atoms with Crippen LogP contribution in [0.2, 0.25) is 0 Å². The highest BCUT2D eigenvalue weighted by Gasteiger charge is 2.12. The summed E-state index contributed by atoms with van der Waals surface area (Å²) < 4.78 is 6.05. The van der Waals surface area contributed by atoms with Gasteiger partial charge in [0.1, 0.15) is 5.75 Å². The number of nitrogens with one attached hydrogen (secondary N) is 1. The van der Waals surface area contributed by atoms with Crippen LogP contribution in [-0.2, 0) is 6.42 Å². The summed E-state index contributed by atoms with van der Waals surface area (Å²) in [5.41, 5.74) is 2.71. The van der Waals surface area contributed by atoms with Crippen molar-refractivity contribution >= 4 is 38.3 Å².